The van der Waals surface area contributed by atoms with Crippen molar-refractivity contribution in [2.75, 3.05) is 7.11 Å². The van der Waals surface area contributed by atoms with Gasteiger partial charge in [-0.05, 0) is 166 Å². The van der Waals surface area contributed by atoms with Crippen molar-refractivity contribution in [2.24, 2.45) is 0 Å². The lowest BCUT2D eigenvalue weighted by molar-refractivity contribution is 0.415. The molecule has 20 aromatic rings. The van der Waals surface area contributed by atoms with Crippen molar-refractivity contribution in [1.29, 1.82) is 0 Å². The number of ether oxygens (including phenoxy) is 1. The molecule has 458 valence electrons. The Balaban J connectivity index is 0.841. The summed E-state index contributed by atoms with van der Waals surface area (Å²) in [6, 6.07) is 122. The van der Waals surface area contributed by atoms with Crippen LogP contribution in [0.25, 0.3) is 188 Å². The van der Waals surface area contributed by atoms with Crippen LogP contribution in [0.1, 0.15) is 0 Å². The second kappa shape index (κ2) is 22.0. The van der Waals surface area contributed by atoms with Gasteiger partial charge in [0, 0.05) is 87.7 Å². The minimum Gasteiger partial charge on any atom is -0.497 e. The second-order valence-corrected chi connectivity index (χ2v) is 25.6. The average molecular weight is 1250 g/mol. The third kappa shape index (κ3) is 8.69. The predicted octanol–water partition coefficient (Wildman–Crippen LogP) is 23.5. The van der Waals surface area contributed by atoms with E-state index in [2.05, 4.69) is 340 Å². The molecular formula is C91H58N6O. The quantitative estimate of drug-likeness (QED) is 0.128. The van der Waals surface area contributed by atoms with E-state index in [1.54, 1.807) is 7.11 Å². The van der Waals surface area contributed by atoms with Crippen molar-refractivity contribution in [3.8, 4) is 84.5 Å². The van der Waals surface area contributed by atoms with E-state index in [-0.39, 0.29) is 0 Å². The number of hydrogen-bond acceptors (Lipinski definition) is 3. The van der Waals surface area contributed by atoms with Gasteiger partial charge >= 0.3 is 0 Å². The first-order chi connectivity index (χ1) is 48.5. The third-order valence-electron chi connectivity index (χ3n) is 20.2. The fraction of sp³-hybridized carbons (Fsp3) is 0.0110. The van der Waals surface area contributed by atoms with Crippen LogP contribution in [0.3, 0.4) is 0 Å². The summed E-state index contributed by atoms with van der Waals surface area (Å²) >= 11 is 0. The standard InChI is InChI=1S/C91H58N6O/c1-98-70-42-35-57(36-43-70)59-20-18-21-64(49-59)91-92-89(78-46-37-58-19-8-9-26-71(58)90(78)93-91)65-50-68(96-81-31-14-10-27-72(81)76-44-38-62(54-87(76)96)60-40-47-85-79(52-60)74-29-12-16-33-83(74)94(85)66-22-4-2-5-23-66)56-69(51-65)97-82-32-15-11-28-73(82)77-45-39-63(55-88(77)97)61-41-48-86-80(53-61)75-30-13-17-34-84(75)95(86)67-24-6-3-7-25-67/h2-56H,1H3. The minimum absolute atomic E-state index is 0.641. The summed E-state index contributed by atoms with van der Waals surface area (Å²) in [6.45, 7) is 0. The molecule has 0 amide bonds. The molecule has 0 fully saturated rings. The summed E-state index contributed by atoms with van der Waals surface area (Å²) in [7, 11) is 1.70. The van der Waals surface area contributed by atoms with E-state index in [1.165, 1.54) is 65.2 Å². The molecule has 0 saturated heterocycles. The molecule has 15 aromatic carbocycles. The molecule has 98 heavy (non-hydrogen) atoms. The van der Waals surface area contributed by atoms with Crippen LogP contribution < -0.4 is 4.74 Å². The van der Waals surface area contributed by atoms with Gasteiger partial charge in [0.05, 0.1) is 62.5 Å². The van der Waals surface area contributed by atoms with Gasteiger partial charge in [0.25, 0.3) is 0 Å². The number of rotatable bonds is 10. The number of hydrogen-bond donors (Lipinski definition) is 0. The van der Waals surface area contributed by atoms with Crippen molar-refractivity contribution in [3.05, 3.63) is 334 Å². The minimum atomic E-state index is 0.641. The SMILES string of the molecule is COc1ccc(-c2cccc(-c3nc(-c4cc(-n5c6ccccc6c6ccc(-c7ccc8c(c7)c7ccccc7n8-c7ccccc7)cc65)cc(-n5c6ccccc6c6ccc(-c7ccc8c(c7)c7ccccc7n8-c7ccccc7)cc65)c4)c4ccc5ccccc5c4n3)c2)cc1. The van der Waals surface area contributed by atoms with Crippen LogP contribution in [0.4, 0.5) is 0 Å². The zero-order chi connectivity index (χ0) is 64.5. The van der Waals surface area contributed by atoms with Crippen molar-refractivity contribution in [2.45, 2.75) is 0 Å². The fourth-order valence-electron chi connectivity index (χ4n) is 15.7. The van der Waals surface area contributed by atoms with Gasteiger partial charge in [-0.3, -0.25) is 0 Å². The van der Waals surface area contributed by atoms with Crippen LogP contribution in [0, 0.1) is 0 Å². The van der Waals surface area contributed by atoms with Gasteiger partial charge in [-0.2, -0.15) is 0 Å². The van der Waals surface area contributed by atoms with Gasteiger partial charge in [0.15, 0.2) is 5.82 Å². The summed E-state index contributed by atoms with van der Waals surface area (Å²) in [5.41, 5.74) is 23.7. The summed E-state index contributed by atoms with van der Waals surface area (Å²) in [4.78, 5) is 11.4. The van der Waals surface area contributed by atoms with Crippen LogP contribution >= 0.6 is 0 Å². The van der Waals surface area contributed by atoms with Gasteiger partial charge in [-0.15, -0.1) is 0 Å². The Kier molecular flexibility index (Phi) is 12.4. The lowest BCUT2D eigenvalue weighted by Gasteiger charge is -2.18. The Hall–Kier alpha value is -13.1. The molecule has 0 radical (unpaired) electrons. The van der Waals surface area contributed by atoms with Gasteiger partial charge in [-0.25, -0.2) is 9.97 Å². The highest BCUT2D eigenvalue weighted by Crippen LogP contribution is 2.44. The molecular weight excluding hydrogens is 1190 g/mol. The maximum absolute atomic E-state index is 5.79. The van der Waals surface area contributed by atoms with Gasteiger partial charge in [-0.1, -0.05) is 206 Å². The van der Waals surface area contributed by atoms with Crippen molar-refractivity contribution in [3.63, 3.8) is 0 Å². The van der Waals surface area contributed by atoms with E-state index >= 15 is 0 Å². The molecule has 0 spiro atoms. The number of nitrogens with zero attached hydrogens (tertiary/aromatic N) is 6. The lowest BCUT2D eigenvalue weighted by atomic mass is 9.99. The molecule has 7 heteroatoms. The molecule has 7 nitrogen and oxygen atoms in total. The summed E-state index contributed by atoms with van der Waals surface area (Å²) in [5.74, 6) is 1.45. The van der Waals surface area contributed by atoms with Crippen LogP contribution in [0.2, 0.25) is 0 Å². The summed E-state index contributed by atoms with van der Waals surface area (Å²) in [5, 5.41) is 12.7. The maximum atomic E-state index is 5.79. The predicted molar refractivity (Wildman–Crippen MR) is 408 cm³/mol. The maximum Gasteiger partial charge on any atom is 0.160 e. The first kappa shape index (κ1) is 55.4. The third-order valence-corrected chi connectivity index (χ3v) is 20.2. The summed E-state index contributed by atoms with van der Waals surface area (Å²) in [6.07, 6.45) is 0. The molecule has 0 bridgehead atoms. The molecule has 5 aromatic heterocycles. The highest BCUT2D eigenvalue weighted by molar-refractivity contribution is 6.16. The van der Waals surface area contributed by atoms with Crippen molar-refractivity contribution >= 4 is 109 Å². The first-order valence-electron chi connectivity index (χ1n) is 33.4. The zero-order valence-corrected chi connectivity index (χ0v) is 53.3. The number of benzene rings is 15. The second-order valence-electron chi connectivity index (χ2n) is 25.6. The molecule has 0 aliphatic carbocycles. The first-order valence-corrected chi connectivity index (χ1v) is 33.4. The highest BCUT2D eigenvalue weighted by atomic mass is 16.5. The monoisotopic (exact) mass is 1250 g/mol. The van der Waals surface area contributed by atoms with E-state index in [0.29, 0.717) is 5.82 Å². The molecule has 0 N–H and O–H groups in total. The molecule has 0 aliphatic heterocycles. The highest BCUT2D eigenvalue weighted by Gasteiger charge is 2.23. The van der Waals surface area contributed by atoms with E-state index in [9.17, 15) is 0 Å². The Morgan fingerprint density at radius 2 is 0.622 bits per heavy atom. The Labute approximate surface area is 563 Å². The number of fused-ring (bicyclic) bond motifs is 15. The Morgan fingerprint density at radius 3 is 1.15 bits per heavy atom. The zero-order valence-electron chi connectivity index (χ0n) is 53.3. The molecule has 20 rings (SSSR count). The normalized spacial score (nSPS) is 11.9. The number of para-hydroxylation sites is 6. The van der Waals surface area contributed by atoms with E-state index in [0.717, 1.165) is 122 Å². The van der Waals surface area contributed by atoms with Crippen LogP contribution in [-0.2, 0) is 0 Å². The van der Waals surface area contributed by atoms with Crippen molar-refractivity contribution < 1.29 is 4.74 Å². The van der Waals surface area contributed by atoms with Crippen LogP contribution in [-0.4, -0.2) is 35.3 Å². The fourth-order valence-corrected chi connectivity index (χ4v) is 15.7. The van der Waals surface area contributed by atoms with Gasteiger partial charge in [0.2, 0.25) is 0 Å². The topological polar surface area (TPSA) is 54.7 Å². The smallest absolute Gasteiger partial charge is 0.160 e. The largest absolute Gasteiger partial charge is 0.497 e. The van der Waals surface area contributed by atoms with E-state index in [1.807, 2.05) is 12.1 Å². The number of aromatic nitrogens is 6. The van der Waals surface area contributed by atoms with Crippen molar-refractivity contribution in [1.82, 2.24) is 28.2 Å². The lowest BCUT2D eigenvalue weighted by Crippen LogP contribution is -2.02. The average Bonchev–Trinajstić information content (AvgIpc) is 1.29. The van der Waals surface area contributed by atoms with Crippen LogP contribution in [0.5, 0.6) is 5.75 Å². The van der Waals surface area contributed by atoms with Gasteiger partial charge in [0.1, 0.15) is 5.75 Å². The Morgan fingerprint density at radius 1 is 0.224 bits per heavy atom. The van der Waals surface area contributed by atoms with E-state index in [4.69, 9.17) is 14.7 Å². The molecule has 0 aliphatic rings. The molecule has 0 saturated carbocycles. The van der Waals surface area contributed by atoms with Gasteiger partial charge < -0.3 is 23.0 Å². The molecule has 5 heterocycles. The molecule has 0 unspecified atom stereocenters. The summed E-state index contributed by atoms with van der Waals surface area (Å²) < 4.78 is 15.3. The Bertz CT molecular complexity index is 6360. The van der Waals surface area contributed by atoms with E-state index < -0.39 is 0 Å². The van der Waals surface area contributed by atoms with Crippen LogP contribution in [0.15, 0.2) is 334 Å². The molecule has 0 atom stereocenters. The number of methoxy groups -OCH3 is 1.